The first-order chi connectivity index (χ1) is 11.0. The highest BCUT2D eigenvalue weighted by molar-refractivity contribution is 6.30. The molecular weight excluding hydrogens is 314 g/mol. The summed E-state index contributed by atoms with van der Waals surface area (Å²) < 4.78 is 1.94. The quantitative estimate of drug-likeness (QED) is 0.865. The number of rotatable bonds is 3. The van der Waals surface area contributed by atoms with Crippen molar-refractivity contribution in [3.63, 3.8) is 0 Å². The van der Waals surface area contributed by atoms with Crippen LogP contribution in [0.25, 0.3) is 0 Å². The van der Waals surface area contributed by atoms with E-state index in [1.807, 2.05) is 23.4 Å². The van der Waals surface area contributed by atoms with Gasteiger partial charge in [0.15, 0.2) is 0 Å². The standard InChI is InChI=1S/C16H20ClN5O/c1-11-19-12(2)22(20-11)10-13-4-3-7-21(9-13)16(23)15-6-5-14(17)8-18-15/h5-6,8,13H,3-4,7,9-10H2,1-2H3. The Labute approximate surface area is 140 Å². The van der Waals surface area contributed by atoms with E-state index in [1.165, 1.54) is 6.20 Å². The molecule has 0 bridgehead atoms. The van der Waals surface area contributed by atoms with Crippen molar-refractivity contribution in [2.24, 2.45) is 5.92 Å². The molecule has 1 fully saturated rings. The minimum absolute atomic E-state index is 0.0298. The van der Waals surface area contributed by atoms with Crippen molar-refractivity contribution in [1.29, 1.82) is 0 Å². The number of pyridine rings is 1. The maximum absolute atomic E-state index is 12.6. The first kappa shape index (κ1) is 15.9. The molecule has 1 atom stereocenters. The second-order valence-corrected chi connectivity index (χ2v) is 6.45. The first-order valence-corrected chi connectivity index (χ1v) is 8.19. The van der Waals surface area contributed by atoms with Crippen molar-refractivity contribution < 1.29 is 4.79 Å². The van der Waals surface area contributed by atoms with Crippen molar-refractivity contribution in [2.45, 2.75) is 33.2 Å². The summed E-state index contributed by atoms with van der Waals surface area (Å²) in [6, 6.07) is 3.38. The van der Waals surface area contributed by atoms with Crippen molar-refractivity contribution in [3.8, 4) is 0 Å². The molecule has 122 valence electrons. The molecule has 3 rings (SSSR count). The topological polar surface area (TPSA) is 63.9 Å². The van der Waals surface area contributed by atoms with Gasteiger partial charge in [0, 0.05) is 25.8 Å². The molecule has 1 unspecified atom stereocenters. The largest absolute Gasteiger partial charge is 0.337 e. The normalized spacial score (nSPS) is 18.2. The lowest BCUT2D eigenvalue weighted by Gasteiger charge is -2.32. The number of likely N-dealkylation sites (tertiary alicyclic amines) is 1. The lowest BCUT2D eigenvalue weighted by atomic mass is 9.97. The number of carbonyl (C=O) groups is 1. The smallest absolute Gasteiger partial charge is 0.272 e. The van der Waals surface area contributed by atoms with Gasteiger partial charge in [0.05, 0.1) is 5.02 Å². The average Bonchev–Trinajstić information content (AvgIpc) is 2.85. The van der Waals surface area contributed by atoms with E-state index < -0.39 is 0 Å². The lowest BCUT2D eigenvalue weighted by molar-refractivity contribution is 0.0653. The zero-order valence-electron chi connectivity index (χ0n) is 13.4. The number of aryl methyl sites for hydroxylation is 2. The van der Waals surface area contributed by atoms with Gasteiger partial charge in [0.2, 0.25) is 0 Å². The van der Waals surface area contributed by atoms with E-state index in [0.29, 0.717) is 16.6 Å². The summed E-state index contributed by atoms with van der Waals surface area (Å²) >= 11 is 5.83. The lowest BCUT2D eigenvalue weighted by Crippen LogP contribution is -2.41. The summed E-state index contributed by atoms with van der Waals surface area (Å²) in [5.41, 5.74) is 0.447. The third-order valence-electron chi connectivity index (χ3n) is 4.15. The number of nitrogens with zero attached hydrogens (tertiary/aromatic N) is 5. The second-order valence-electron chi connectivity index (χ2n) is 6.01. The van der Waals surface area contributed by atoms with E-state index in [-0.39, 0.29) is 5.91 Å². The predicted molar refractivity (Wildman–Crippen MR) is 87.4 cm³/mol. The number of amides is 1. The number of hydrogen-bond acceptors (Lipinski definition) is 4. The van der Waals surface area contributed by atoms with Crippen LogP contribution in [-0.4, -0.2) is 43.6 Å². The molecule has 1 aliphatic heterocycles. The Hall–Kier alpha value is -1.95. The fourth-order valence-corrected chi connectivity index (χ4v) is 3.15. The van der Waals surface area contributed by atoms with Crippen molar-refractivity contribution >= 4 is 17.5 Å². The van der Waals surface area contributed by atoms with E-state index in [1.54, 1.807) is 12.1 Å². The Kier molecular flexibility index (Phi) is 4.61. The van der Waals surface area contributed by atoms with Crippen LogP contribution in [0.4, 0.5) is 0 Å². The molecule has 7 heteroatoms. The molecule has 1 saturated heterocycles. The molecule has 0 N–H and O–H groups in total. The number of carbonyl (C=O) groups excluding carboxylic acids is 1. The average molecular weight is 334 g/mol. The van der Waals surface area contributed by atoms with Gasteiger partial charge in [-0.1, -0.05) is 11.6 Å². The van der Waals surface area contributed by atoms with Gasteiger partial charge in [-0.05, 0) is 44.7 Å². The fraction of sp³-hybridized carbons (Fsp3) is 0.500. The Balaban J connectivity index is 1.67. The number of aromatic nitrogens is 4. The van der Waals surface area contributed by atoms with Crippen molar-refractivity contribution in [2.75, 3.05) is 13.1 Å². The zero-order valence-corrected chi connectivity index (χ0v) is 14.1. The van der Waals surface area contributed by atoms with Crippen LogP contribution in [0.15, 0.2) is 18.3 Å². The zero-order chi connectivity index (χ0) is 16.4. The van der Waals surface area contributed by atoms with Crippen LogP contribution in [0.3, 0.4) is 0 Å². The van der Waals surface area contributed by atoms with E-state index >= 15 is 0 Å². The molecule has 0 spiro atoms. The number of halogens is 1. The van der Waals surface area contributed by atoms with Crippen molar-refractivity contribution in [3.05, 3.63) is 40.7 Å². The van der Waals surface area contributed by atoms with Gasteiger partial charge in [-0.25, -0.2) is 14.6 Å². The van der Waals surface area contributed by atoms with Gasteiger partial charge >= 0.3 is 0 Å². The molecule has 23 heavy (non-hydrogen) atoms. The van der Waals surface area contributed by atoms with Crippen LogP contribution < -0.4 is 0 Å². The van der Waals surface area contributed by atoms with Crippen LogP contribution in [0.2, 0.25) is 5.02 Å². The fourth-order valence-electron chi connectivity index (χ4n) is 3.04. The van der Waals surface area contributed by atoms with E-state index in [9.17, 15) is 4.79 Å². The highest BCUT2D eigenvalue weighted by Gasteiger charge is 2.26. The highest BCUT2D eigenvalue weighted by Crippen LogP contribution is 2.20. The third kappa shape index (κ3) is 3.69. The van der Waals surface area contributed by atoms with E-state index in [4.69, 9.17) is 11.6 Å². The van der Waals surface area contributed by atoms with Gasteiger partial charge in [-0.15, -0.1) is 0 Å². The van der Waals surface area contributed by atoms with Gasteiger partial charge in [0.1, 0.15) is 17.3 Å². The summed E-state index contributed by atoms with van der Waals surface area (Å²) in [5, 5.41) is 4.95. The van der Waals surface area contributed by atoms with Crippen LogP contribution in [0, 0.1) is 19.8 Å². The van der Waals surface area contributed by atoms with Gasteiger partial charge in [-0.3, -0.25) is 4.79 Å². The van der Waals surface area contributed by atoms with Crippen LogP contribution in [0.5, 0.6) is 0 Å². The van der Waals surface area contributed by atoms with E-state index in [2.05, 4.69) is 15.1 Å². The Morgan fingerprint density at radius 2 is 2.22 bits per heavy atom. The Morgan fingerprint density at radius 3 is 2.87 bits per heavy atom. The van der Waals surface area contributed by atoms with Gasteiger partial charge < -0.3 is 4.90 Å². The molecule has 6 nitrogen and oxygen atoms in total. The molecule has 1 amide bonds. The van der Waals surface area contributed by atoms with Crippen LogP contribution in [0.1, 0.15) is 35.0 Å². The minimum atomic E-state index is -0.0298. The molecule has 0 saturated carbocycles. The van der Waals surface area contributed by atoms with Crippen LogP contribution >= 0.6 is 11.6 Å². The van der Waals surface area contributed by atoms with Gasteiger partial charge in [-0.2, -0.15) is 5.10 Å². The molecule has 0 radical (unpaired) electrons. The molecule has 2 aromatic heterocycles. The second kappa shape index (κ2) is 6.66. The third-order valence-corrected chi connectivity index (χ3v) is 4.37. The summed E-state index contributed by atoms with van der Waals surface area (Å²) in [5.74, 6) is 2.07. The predicted octanol–water partition coefficient (Wildman–Crippen LogP) is 2.50. The first-order valence-electron chi connectivity index (χ1n) is 7.82. The number of hydrogen-bond donors (Lipinski definition) is 0. The Bertz CT molecular complexity index is 697. The molecule has 2 aromatic rings. The summed E-state index contributed by atoms with van der Waals surface area (Å²) in [4.78, 5) is 22.9. The summed E-state index contributed by atoms with van der Waals surface area (Å²) in [6.45, 7) is 6.15. The molecular formula is C16H20ClN5O. The highest BCUT2D eigenvalue weighted by atomic mass is 35.5. The molecule has 0 aromatic carbocycles. The number of piperidine rings is 1. The maximum Gasteiger partial charge on any atom is 0.272 e. The molecule has 1 aliphatic rings. The maximum atomic E-state index is 12.6. The molecule has 3 heterocycles. The minimum Gasteiger partial charge on any atom is -0.337 e. The van der Waals surface area contributed by atoms with E-state index in [0.717, 1.165) is 44.1 Å². The summed E-state index contributed by atoms with van der Waals surface area (Å²) in [6.07, 6.45) is 3.60. The monoisotopic (exact) mass is 333 g/mol. The molecule has 0 aliphatic carbocycles. The Morgan fingerprint density at radius 1 is 1.39 bits per heavy atom. The van der Waals surface area contributed by atoms with Crippen molar-refractivity contribution in [1.82, 2.24) is 24.6 Å². The van der Waals surface area contributed by atoms with Gasteiger partial charge in [0.25, 0.3) is 5.91 Å². The summed E-state index contributed by atoms with van der Waals surface area (Å²) in [7, 11) is 0. The SMILES string of the molecule is Cc1nc(C)n(CC2CCCN(C(=O)c3ccc(Cl)cn3)C2)n1. The van der Waals surface area contributed by atoms with Crippen LogP contribution in [-0.2, 0) is 6.54 Å².